The molecule has 0 spiro atoms. The predicted molar refractivity (Wildman–Crippen MR) is 31.1 cm³/mol. The molecule has 0 aliphatic heterocycles. The first-order valence-corrected chi connectivity index (χ1v) is 0. The normalized spacial score (nSPS) is 0. The number of hydrogen-bond donors (Lipinski definition) is 0. The molecule has 0 bridgehead atoms. The van der Waals surface area contributed by atoms with E-state index in [1.807, 2.05) is 0 Å². The molecule has 68 valence electrons. The number of hydrogen-bond acceptors (Lipinski definition) is 0. The van der Waals surface area contributed by atoms with E-state index in [-0.39, 0.29) is 106 Å². The van der Waals surface area contributed by atoms with Crippen molar-refractivity contribution in [2.24, 2.45) is 0 Å². The van der Waals surface area contributed by atoms with Crippen molar-refractivity contribution in [1.29, 1.82) is 0 Å². The van der Waals surface area contributed by atoms with Gasteiger partial charge in [-0.05, 0) is 0 Å². The van der Waals surface area contributed by atoms with E-state index in [4.69, 9.17) is 0 Å². The van der Waals surface area contributed by atoms with Crippen LogP contribution in [0.5, 0.6) is 0 Å². The smallest absolute Gasteiger partial charge is 1.00 e. The Morgan fingerprint density at radius 2 is 0.300 bits per heavy atom. The molecule has 0 radical (unpaired) electrons. The molecular formula is H18Na2O8. The molecule has 0 aromatic carbocycles. The second-order valence-electron chi connectivity index (χ2n) is 0. The Morgan fingerprint density at radius 1 is 0.300 bits per heavy atom. The molecule has 0 atom stereocenters. The third kappa shape index (κ3) is 258. The van der Waals surface area contributed by atoms with E-state index in [1.54, 1.807) is 0 Å². The SMILES string of the molecule is O.O.O.O.O.O.O.O.[H-].[H-].[Na+].[Na+]. The molecule has 0 saturated carbocycles. The minimum atomic E-state index is 0. The fourth-order valence-corrected chi connectivity index (χ4v) is 0. The standard InChI is InChI=1S/2Na.8H2O.2H/h;;8*1H2;;/q2*+1;;;;;;;;;2*-1. The van der Waals surface area contributed by atoms with Crippen LogP contribution in [-0.2, 0) is 0 Å². The Bertz CT molecular complexity index is 15.0. The third-order valence-corrected chi connectivity index (χ3v) is 0. The predicted octanol–water partition coefficient (Wildman–Crippen LogP) is -12.4. The molecule has 0 aromatic heterocycles. The van der Waals surface area contributed by atoms with E-state index in [1.165, 1.54) is 0 Å². The molecule has 16 N–H and O–H groups in total. The van der Waals surface area contributed by atoms with Gasteiger partial charge in [0.1, 0.15) is 0 Å². The van der Waals surface area contributed by atoms with Gasteiger partial charge in [0.15, 0.2) is 0 Å². The quantitative estimate of drug-likeness (QED) is 0.323. The van der Waals surface area contributed by atoms with Crippen LogP contribution in [0.2, 0.25) is 0 Å². The summed E-state index contributed by atoms with van der Waals surface area (Å²) in [4.78, 5) is 0. The van der Waals surface area contributed by atoms with E-state index in [0.717, 1.165) is 0 Å². The van der Waals surface area contributed by atoms with Crippen LogP contribution in [0.3, 0.4) is 0 Å². The first-order chi connectivity index (χ1) is 0. The third-order valence-electron chi connectivity index (χ3n) is 0. The zero-order valence-corrected chi connectivity index (χ0v) is 10.0. The molecule has 0 heterocycles. The fraction of sp³-hybridized carbons (Fsp3) is 0. The summed E-state index contributed by atoms with van der Waals surface area (Å²) >= 11 is 0. The Balaban J connectivity index is 0. The zero-order valence-electron chi connectivity index (χ0n) is 8.00. The molecule has 0 fully saturated rings. The minimum Gasteiger partial charge on any atom is -1.00 e. The summed E-state index contributed by atoms with van der Waals surface area (Å²) in [5.74, 6) is 0. The van der Waals surface area contributed by atoms with Gasteiger partial charge < -0.3 is 46.7 Å². The largest absolute Gasteiger partial charge is 1.00 e. The minimum absolute atomic E-state index is 0. The van der Waals surface area contributed by atoms with Crippen LogP contribution < -0.4 is 59.1 Å². The van der Waals surface area contributed by atoms with Crippen LogP contribution in [0.4, 0.5) is 0 Å². The van der Waals surface area contributed by atoms with E-state index >= 15 is 0 Å². The second-order valence-corrected chi connectivity index (χ2v) is 0. The van der Waals surface area contributed by atoms with Crippen LogP contribution in [0, 0.1) is 0 Å². The maximum Gasteiger partial charge on any atom is 1.00 e. The van der Waals surface area contributed by atoms with Crippen molar-refractivity contribution in [3.05, 3.63) is 0 Å². The number of rotatable bonds is 0. The van der Waals surface area contributed by atoms with Gasteiger partial charge in [-0.3, -0.25) is 0 Å². The molecule has 0 saturated heterocycles. The Labute approximate surface area is 105 Å². The molecule has 8 nitrogen and oxygen atoms in total. The van der Waals surface area contributed by atoms with Gasteiger partial charge in [-0.2, -0.15) is 0 Å². The van der Waals surface area contributed by atoms with Gasteiger partial charge in [0.25, 0.3) is 0 Å². The molecular weight excluding hydrogens is 174 g/mol. The van der Waals surface area contributed by atoms with E-state index in [9.17, 15) is 0 Å². The van der Waals surface area contributed by atoms with Gasteiger partial charge >= 0.3 is 59.1 Å². The van der Waals surface area contributed by atoms with Gasteiger partial charge in [0.2, 0.25) is 0 Å². The fourth-order valence-electron chi connectivity index (χ4n) is 0. The topological polar surface area (TPSA) is 252 Å². The van der Waals surface area contributed by atoms with E-state index in [2.05, 4.69) is 0 Å². The average Bonchev–Trinajstić information content (AvgIpc) is 0. The monoisotopic (exact) mass is 192 g/mol. The maximum atomic E-state index is 0. The summed E-state index contributed by atoms with van der Waals surface area (Å²) in [5.41, 5.74) is 0. The maximum absolute atomic E-state index is 0. The van der Waals surface area contributed by atoms with E-state index in [0.29, 0.717) is 0 Å². The zero-order chi connectivity index (χ0) is 0. The van der Waals surface area contributed by atoms with E-state index < -0.39 is 0 Å². The summed E-state index contributed by atoms with van der Waals surface area (Å²) in [5, 5.41) is 0. The first kappa shape index (κ1) is 472. The van der Waals surface area contributed by atoms with Gasteiger partial charge in [-0.15, -0.1) is 0 Å². The van der Waals surface area contributed by atoms with Crippen LogP contribution in [0.25, 0.3) is 0 Å². The van der Waals surface area contributed by atoms with Crippen molar-refractivity contribution in [2.75, 3.05) is 0 Å². The second kappa shape index (κ2) is 355. The summed E-state index contributed by atoms with van der Waals surface area (Å²) in [6.45, 7) is 0. The van der Waals surface area contributed by atoms with Crippen molar-refractivity contribution >= 4 is 0 Å². The summed E-state index contributed by atoms with van der Waals surface area (Å²) in [6, 6.07) is 0. The summed E-state index contributed by atoms with van der Waals surface area (Å²) < 4.78 is 0. The van der Waals surface area contributed by atoms with Crippen molar-refractivity contribution < 1.29 is 106 Å². The van der Waals surface area contributed by atoms with Gasteiger partial charge in [-0.1, -0.05) is 0 Å². The van der Waals surface area contributed by atoms with Gasteiger partial charge in [0, 0.05) is 0 Å². The average molecular weight is 192 g/mol. The van der Waals surface area contributed by atoms with Crippen LogP contribution in [-0.4, -0.2) is 43.8 Å². The summed E-state index contributed by atoms with van der Waals surface area (Å²) in [7, 11) is 0. The van der Waals surface area contributed by atoms with Crippen molar-refractivity contribution in [1.82, 2.24) is 0 Å². The molecule has 10 heavy (non-hydrogen) atoms. The van der Waals surface area contributed by atoms with Crippen LogP contribution in [0.1, 0.15) is 2.85 Å². The van der Waals surface area contributed by atoms with Crippen molar-refractivity contribution in [3.63, 3.8) is 0 Å². The Hall–Kier alpha value is 1.68. The Morgan fingerprint density at radius 3 is 0.300 bits per heavy atom. The molecule has 0 rings (SSSR count). The molecule has 0 aromatic rings. The molecule has 0 aliphatic rings. The molecule has 10 heteroatoms. The summed E-state index contributed by atoms with van der Waals surface area (Å²) in [6.07, 6.45) is 0. The van der Waals surface area contributed by atoms with Crippen LogP contribution >= 0.6 is 0 Å². The molecule has 0 unspecified atom stereocenters. The molecule has 0 aliphatic carbocycles. The van der Waals surface area contributed by atoms with Crippen LogP contribution in [0.15, 0.2) is 0 Å². The van der Waals surface area contributed by atoms with Crippen molar-refractivity contribution in [3.8, 4) is 0 Å². The van der Waals surface area contributed by atoms with Crippen molar-refractivity contribution in [2.45, 2.75) is 0 Å². The first-order valence-electron chi connectivity index (χ1n) is 0. The van der Waals surface area contributed by atoms with Gasteiger partial charge in [-0.25, -0.2) is 0 Å². The Kier molecular flexibility index (Phi) is 16700. The van der Waals surface area contributed by atoms with Gasteiger partial charge in [0.05, 0.1) is 0 Å². The molecule has 0 amide bonds.